The highest BCUT2D eigenvalue weighted by atomic mass is 35.5. The van der Waals surface area contributed by atoms with E-state index in [4.69, 9.17) is 21.4 Å². The molecular formula is C13H16ClNO3. The van der Waals surface area contributed by atoms with Crippen molar-refractivity contribution in [3.8, 4) is 0 Å². The maximum absolute atomic E-state index is 11.1. The molecule has 0 saturated heterocycles. The van der Waals surface area contributed by atoms with E-state index in [1.54, 1.807) is 12.1 Å². The van der Waals surface area contributed by atoms with Gasteiger partial charge >= 0.3 is 5.97 Å². The Morgan fingerprint density at radius 2 is 2.28 bits per heavy atom. The molecule has 1 aliphatic rings. The molecule has 0 radical (unpaired) electrons. The molecule has 2 rings (SSSR count). The smallest absolute Gasteiger partial charge is 0.337 e. The van der Waals surface area contributed by atoms with Crippen molar-refractivity contribution < 1.29 is 14.6 Å². The van der Waals surface area contributed by atoms with Gasteiger partial charge in [0.05, 0.1) is 11.7 Å². The minimum atomic E-state index is -0.972. The number of benzene rings is 1. The van der Waals surface area contributed by atoms with Crippen molar-refractivity contribution in [1.29, 1.82) is 0 Å². The molecule has 18 heavy (non-hydrogen) atoms. The van der Waals surface area contributed by atoms with Gasteiger partial charge in [-0.3, -0.25) is 0 Å². The lowest BCUT2D eigenvalue weighted by atomic mass is 9.89. The molecule has 2 N–H and O–H groups in total. The van der Waals surface area contributed by atoms with Gasteiger partial charge in [0.2, 0.25) is 0 Å². The topological polar surface area (TPSA) is 58.6 Å². The van der Waals surface area contributed by atoms with Gasteiger partial charge < -0.3 is 15.2 Å². The van der Waals surface area contributed by atoms with Crippen molar-refractivity contribution in [2.24, 2.45) is 0 Å². The highest BCUT2D eigenvalue weighted by molar-refractivity contribution is 6.31. The molecule has 5 heteroatoms. The van der Waals surface area contributed by atoms with Crippen molar-refractivity contribution in [2.45, 2.75) is 31.9 Å². The van der Waals surface area contributed by atoms with Crippen LogP contribution in [-0.2, 0) is 4.74 Å². The number of halogens is 1. The first-order valence-corrected chi connectivity index (χ1v) is 6.39. The Bertz CT molecular complexity index is 444. The summed E-state index contributed by atoms with van der Waals surface area (Å²) in [7, 11) is 0. The normalized spacial score (nSPS) is 22.3. The molecule has 0 aliphatic heterocycles. The fraction of sp³-hybridized carbons (Fsp3) is 0.462. The van der Waals surface area contributed by atoms with Gasteiger partial charge in [0, 0.05) is 23.4 Å². The van der Waals surface area contributed by atoms with Crippen LogP contribution < -0.4 is 5.32 Å². The standard InChI is InChI=1S/C13H16ClNO3/c1-2-18-10-6-9(7-10)15-12-4-3-8(14)5-11(12)13(16)17/h3-5,9-10,15H,2,6-7H2,1H3,(H,16,17). The second-order valence-corrected chi connectivity index (χ2v) is 4.82. The van der Waals surface area contributed by atoms with E-state index in [0.29, 0.717) is 16.8 Å². The molecule has 0 atom stereocenters. The van der Waals surface area contributed by atoms with Crippen LogP contribution in [0.2, 0.25) is 5.02 Å². The Labute approximate surface area is 111 Å². The van der Waals surface area contributed by atoms with Crippen LogP contribution >= 0.6 is 11.6 Å². The second kappa shape index (κ2) is 5.59. The molecule has 1 aliphatic carbocycles. The molecule has 1 saturated carbocycles. The number of carboxylic acids is 1. The Hall–Kier alpha value is -1.26. The predicted molar refractivity (Wildman–Crippen MR) is 70.5 cm³/mol. The van der Waals surface area contributed by atoms with Crippen LogP contribution in [0.3, 0.4) is 0 Å². The maximum Gasteiger partial charge on any atom is 0.337 e. The number of nitrogens with one attached hydrogen (secondary N) is 1. The minimum absolute atomic E-state index is 0.211. The summed E-state index contributed by atoms with van der Waals surface area (Å²) >= 11 is 5.80. The predicted octanol–water partition coefficient (Wildman–Crippen LogP) is 3.02. The van der Waals surface area contributed by atoms with Gasteiger partial charge in [-0.05, 0) is 38.0 Å². The Morgan fingerprint density at radius 1 is 1.56 bits per heavy atom. The van der Waals surface area contributed by atoms with E-state index in [0.717, 1.165) is 19.4 Å². The molecular weight excluding hydrogens is 254 g/mol. The highest BCUT2D eigenvalue weighted by Gasteiger charge is 2.30. The SMILES string of the molecule is CCOC1CC(Nc2ccc(Cl)cc2C(=O)O)C1. The first-order valence-electron chi connectivity index (χ1n) is 6.01. The second-order valence-electron chi connectivity index (χ2n) is 4.39. The third-order valence-corrected chi connectivity index (χ3v) is 3.30. The summed E-state index contributed by atoms with van der Waals surface area (Å²) in [6, 6.07) is 5.14. The molecule has 0 unspecified atom stereocenters. The molecule has 0 amide bonds. The summed E-state index contributed by atoms with van der Waals surface area (Å²) in [5, 5.41) is 12.8. The Morgan fingerprint density at radius 3 is 2.89 bits per heavy atom. The molecule has 0 bridgehead atoms. The number of hydrogen-bond donors (Lipinski definition) is 2. The number of hydrogen-bond acceptors (Lipinski definition) is 3. The first-order chi connectivity index (χ1) is 8.60. The van der Waals surface area contributed by atoms with Crippen molar-refractivity contribution in [1.82, 2.24) is 0 Å². The zero-order valence-corrected chi connectivity index (χ0v) is 10.9. The van der Waals surface area contributed by atoms with Crippen molar-refractivity contribution >= 4 is 23.3 Å². The first kappa shape index (κ1) is 13.2. The average Bonchev–Trinajstić information content (AvgIpc) is 2.28. The number of rotatable bonds is 5. The number of aromatic carboxylic acids is 1. The molecule has 0 heterocycles. The Kier molecular flexibility index (Phi) is 4.09. The fourth-order valence-corrected chi connectivity index (χ4v) is 2.27. The number of carbonyl (C=O) groups is 1. The van der Waals surface area contributed by atoms with Gasteiger partial charge in [0.1, 0.15) is 0 Å². The number of carboxylic acid groups (broad SMARTS) is 1. The van der Waals surface area contributed by atoms with Crippen LogP contribution in [0.4, 0.5) is 5.69 Å². The molecule has 0 spiro atoms. The van der Waals surface area contributed by atoms with Crippen molar-refractivity contribution in [2.75, 3.05) is 11.9 Å². The van der Waals surface area contributed by atoms with Gasteiger partial charge in [-0.25, -0.2) is 4.79 Å². The largest absolute Gasteiger partial charge is 0.478 e. The third-order valence-electron chi connectivity index (χ3n) is 3.07. The molecule has 98 valence electrons. The zero-order chi connectivity index (χ0) is 13.1. The summed E-state index contributed by atoms with van der Waals surface area (Å²) in [6.07, 6.45) is 2.12. The summed E-state index contributed by atoms with van der Waals surface area (Å²) in [5.41, 5.74) is 0.828. The lowest BCUT2D eigenvalue weighted by Gasteiger charge is -2.36. The summed E-state index contributed by atoms with van der Waals surface area (Å²) in [6.45, 7) is 2.70. The van der Waals surface area contributed by atoms with Crippen LogP contribution in [0.15, 0.2) is 18.2 Å². The number of ether oxygens (including phenoxy) is 1. The van der Waals surface area contributed by atoms with E-state index in [-0.39, 0.29) is 11.6 Å². The van der Waals surface area contributed by atoms with Crippen LogP contribution in [0.25, 0.3) is 0 Å². The zero-order valence-electron chi connectivity index (χ0n) is 10.1. The van der Waals surface area contributed by atoms with E-state index in [9.17, 15) is 4.79 Å². The summed E-state index contributed by atoms with van der Waals surface area (Å²) in [5.74, 6) is -0.972. The molecule has 1 aromatic carbocycles. The van der Waals surface area contributed by atoms with Crippen LogP contribution in [0, 0.1) is 0 Å². The van der Waals surface area contributed by atoms with E-state index >= 15 is 0 Å². The fourth-order valence-electron chi connectivity index (χ4n) is 2.09. The van der Waals surface area contributed by atoms with Crippen LogP contribution in [0.1, 0.15) is 30.1 Å². The molecule has 0 aromatic heterocycles. The van der Waals surface area contributed by atoms with Gasteiger partial charge in [-0.2, -0.15) is 0 Å². The van der Waals surface area contributed by atoms with Crippen molar-refractivity contribution in [3.63, 3.8) is 0 Å². The van der Waals surface area contributed by atoms with E-state index in [1.165, 1.54) is 6.07 Å². The van der Waals surface area contributed by atoms with Gasteiger partial charge in [-0.15, -0.1) is 0 Å². The number of anilines is 1. The monoisotopic (exact) mass is 269 g/mol. The van der Waals surface area contributed by atoms with Gasteiger partial charge in [0.15, 0.2) is 0 Å². The minimum Gasteiger partial charge on any atom is -0.478 e. The lowest BCUT2D eigenvalue weighted by molar-refractivity contribution is 0.00298. The summed E-state index contributed by atoms with van der Waals surface area (Å²) < 4.78 is 5.47. The highest BCUT2D eigenvalue weighted by Crippen LogP contribution is 2.29. The lowest BCUT2D eigenvalue weighted by Crippen LogP contribution is -2.41. The van der Waals surface area contributed by atoms with Crippen LogP contribution in [-0.4, -0.2) is 29.8 Å². The van der Waals surface area contributed by atoms with Gasteiger partial charge in [-0.1, -0.05) is 11.6 Å². The van der Waals surface area contributed by atoms with Crippen molar-refractivity contribution in [3.05, 3.63) is 28.8 Å². The Balaban J connectivity index is 2.00. The van der Waals surface area contributed by atoms with E-state index in [1.807, 2.05) is 6.92 Å². The van der Waals surface area contributed by atoms with Gasteiger partial charge in [0.25, 0.3) is 0 Å². The van der Waals surface area contributed by atoms with E-state index < -0.39 is 5.97 Å². The quantitative estimate of drug-likeness (QED) is 0.863. The average molecular weight is 270 g/mol. The van der Waals surface area contributed by atoms with E-state index in [2.05, 4.69) is 5.32 Å². The molecule has 1 aromatic rings. The molecule has 4 nitrogen and oxygen atoms in total. The van der Waals surface area contributed by atoms with Crippen LogP contribution in [0.5, 0.6) is 0 Å². The maximum atomic E-state index is 11.1. The third kappa shape index (κ3) is 2.94. The summed E-state index contributed by atoms with van der Waals surface area (Å²) in [4.78, 5) is 11.1. The molecule has 1 fully saturated rings.